The monoisotopic (exact) mass is 344 g/mol. The fourth-order valence-corrected chi connectivity index (χ4v) is 2.68. The number of imide groups is 1. The maximum atomic E-state index is 13.2. The van der Waals surface area contributed by atoms with E-state index in [1.807, 2.05) is 5.32 Å². The molecule has 3 amide bonds. The first-order valence-electron chi connectivity index (χ1n) is 7.77. The van der Waals surface area contributed by atoms with Gasteiger partial charge in [0.1, 0.15) is 5.75 Å². The molecule has 0 spiro atoms. The van der Waals surface area contributed by atoms with Crippen LogP contribution in [-0.2, 0) is 12.6 Å². The molecule has 0 aromatic heterocycles. The Labute approximate surface area is 137 Å². The summed E-state index contributed by atoms with van der Waals surface area (Å²) in [4.78, 5) is 25.5. The summed E-state index contributed by atoms with van der Waals surface area (Å²) in [7, 11) is 0. The Kier molecular flexibility index (Phi) is 5.36. The molecular formula is C16H19F3N2O3. The van der Waals surface area contributed by atoms with Gasteiger partial charge in [-0.05, 0) is 43.4 Å². The average Bonchev–Trinajstić information content (AvgIpc) is 2.54. The fraction of sp³-hybridized carbons (Fsp3) is 0.500. The Hall–Kier alpha value is -2.25. The first-order valence-corrected chi connectivity index (χ1v) is 7.77. The molecule has 1 fully saturated rings. The number of nitrogens with one attached hydrogen (secondary N) is 1. The molecule has 0 unspecified atom stereocenters. The van der Waals surface area contributed by atoms with Gasteiger partial charge in [0.2, 0.25) is 0 Å². The van der Waals surface area contributed by atoms with Gasteiger partial charge in [-0.3, -0.25) is 10.1 Å². The number of carbonyl (C=O) groups excluding carboxylic acids is 2. The minimum Gasteiger partial charge on any atom is -0.508 e. The Balaban J connectivity index is 2.27. The van der Waals surface area contributed by atoms with Crippen LogP contribution in [0, 0.1) is 0 Å². The van der Waals surface area contributed by atoms with Crippen molar-refractivity contribution in [2.24, 2.45) is 0 Å². The summed E-state index contributed by atoms with van der Waals surface area (Å²) in [6.07, 6.45) is -2.02. The number of nitrogens with zero attached hydrogens (tertiary/aromatic N) is 1. The van der Waals surface area contributed by atoms with E-state index in [0.717, 1.165) is 31.4 Å². The second-order valence-electron chi connectivity index (χ2n) is 5.68. The van der Waals surface area contributed by atoms with Crippen LogP contribution >= 0.6 is 0 Å². The molecule has 2 N–H and O–H groups in total. The van der Waals surface area contributed by atoms with E-state index in [9.17, 15) is 27.9 Å². The van der Waals surface area contributed by atoms with Crippen LogP contribution in [0.5, 0.6) is 5.75 Å². The molecule has 0 saturated carbocycles. The summed E-state index contributed by atoms with van der Waals surface area (Å²) in [5.74, 6) is -1.57. The summed E-state index contributed by atoms with van der Waals surface area (Å²) in [6, 6.07) is 0.794. The molecule has 5 nitrogen and oxygen atoms in total. The first kappa shape index (κ1) is 18.1. The molecular weight excluding hydrogens is 325 g/mol. The summed E-state index contributed by atoms with van der Waals surface area (Å²) in [5.41, 5.74) is -1.84. The number of aryl methyl sites for hydroxylation is 1. The smallest absolute Gasteiger partial charge is 0.417 e. The van der Waals surface area contributed by atoms with E-state index >= 15 is 0 Å². The van der Waals surface area contributed by atoms with E-state index in [4.69, 9.17) is 0 Å². The number of carbonyl (C=O) groups is 2. The Morgan fingerprint density at radius 3 is 2.38 bits per heavy atom. The third-order valence-corrected chi connectivity index (χ3v) is 4.01. The zero-order chi connectivity index (χ0) is 17.9. The number of alkyl halides is 3. The second-order valence-corrected chi connectivity index (χ2v) is 5.68. The van der Waals surface area contributed by atoms with Crippen LogP contribution in [0.4, 0.5) is 18.0 Å². The first-order chi connectivity index (χ1) is 11.2. The van der Waals surface area contributed by atoms with Crippen molar-refractivity contribution in [1.82, 2.24) is 10.2 Å². The van der Waals surface area contributed by atoms with Crippen LogP contribution in [0.25, 0.3) is 0 Å². The van der Waals surface area contributed by atoms with Crippen LogP contribution in [-0.4, -0.2) is 35.0 Å². The van der Waals surface area contributed by atoms with Gasteiger partial charge in [-0.1, -0.05) is 6.92 Å². The number of phenols is 1. The molecule has 132 valence electrons. The Bertz CT molecular complexity index is 638. The number of likely N-dealkylation sites (tertiary alicyclic amines) is 1. The third-order valence-electron chi connectivity index (χ3n) is 4.01. The van der Waals surface area contributed by atoms with Gasteiger partial charge < -0.3 is 10.0 Å². The second kappa shape index (κ2) is 7.11. The van der Waals surface area contributed by atoms with Gasteiger partial charge in [-0.15, -0.1) is 0 Å². The maximum absolute atomic E-state index is 13.2. The standard InChI is InChI=1S/C16H19F3N2O3/c1-2-10-8-12(16(17,18)19)11(9-13(10)22)14(23)20-15(24)21-6-4-3-5-7-21/h8-9,22H,2-7H2,1H3,(H,20,23,24). The number of phenolic OH excluding ortho intramolecular Hbond substituents is 1. The lowest BCUT2D eigenvalue weighted by molar-refractivity contribution is -0.138. The molecule has 1 aromatic rings. The lowest BCUT2D eigenvalue weighted by Crippen LogP contribution is -2.45. The molecule has 1 saturated heterocycles. The number of piperidine rings is 1. The molecule has 1 aromatic carbocycles. The van der Waals surface area contributed by atoms with Crippen molar-refractivity contribution < 1.29 is 27.9 Å². The highest BCUT2D eigenvalue weighted by atomic mass is 19.4. The lowest BCUT2D eigenvalue weighted by atomic mass is 10.00. The minimum atomic E-state index is -4.77. The van der Waals surface area contributed by atoms with E-state index < -0.39 is 35.0 Å². The topological polar surface area (TPSA) is 69.6 Å². The van der Waals surface area contributed by atoms with E-state index in [0.29, 0.717) is 13.1 Å². The third kappa shape index (κ3) is 3.98. The number of aromatic hydroxyl groups is 1. The molecule has 24 heavy (non-hydrogen) atoms. The number of hydrogen-bond donors (Lipinski definition) is 2. The lowest BCUT2D eigenvalue weighted by Gasteiger charge is -2.26. The molecule has 8 heteroatoms. The van der Waals surface area contributed by atoms with Crippen LogP contribution < -0.4 is 5.32 Å². The van der Waals surface area contributed by atoms with Gasteiger partial charge in [0.25, 0.3) is 5.91 Å². The predicted octanol–water partition coefficient (Wildman–Crippen LogP) is 3.31. The number of halogens is 3. The van der Waals surface area contributed by atoms with Crippen molar-refractivity contribution in [3.8, 4) is 5.75 Å². The highest BCUT2D eigenvalue weighted by Crippen LogP contribution is 2.35. The van der Waals surface area contributed by atoms with Gasteiger partial charge in [0, 0.05) is 13.1 Å². The van der Waals surface area contributed by atoms with Crippen LogP contribution in [0.2, 0.25) is 0 Å². The van der Waals surface area contributed by atoms with E-state index in [2.05, 4.69) is 0 Å². The van der Waals surface area contributed by atoms with Crippen LogP contribution in [0.15, 0.2) is 12.1 Å². The minimum absolute atomic E-state index is 0.0845. The molecule has 0 atom stereocenters. The molecule has 1 aliphatic heterocycles. The largest absolute Gasteiger partial charge is 0.508 e. The number of benzene rings is 1. The maximum Gasteiger partial charge on any atom is 0.417 e. The van der Waals surface area contributed by atoms with Crippen molar-refractivity contribution >= 4 is 11.9 Å². The number of rotatable bonds is 2. The molecule has 0 aliphatic carbocycles. The van der Waals surface area contributed by atoms with E-state index in [1.165, 1.54) is 4.90 Å². The Morgan fingerprint density at radius 2 is 1.83 bits per heavy atom. The predicted molar refractivity (Wildman–Crippen MR) is 80.8 cm³/mol. The fourth-order valence-electron chi connectivity index (χ4n) is 2.68. The van der Waals surface area contributed by atoms with Crippen LogP contribution in [0.1, 0.15) is 47.7 Å². The summed E-state index contributed by atoms with van der Waals surface area (Å²) in [6.45, 7) is 2.52. The quantitative estimate of drug-likeness (QED) is 0.865. The zero-order valence-corrected chi connectivity index (χ0v) is 13.2. The van der Waals surface area contributed by atoms with Crippen molar-refractivity contribution in [2.75, 3.05) is 13.1 Å². The Morgan fingerprint density at radius 1 is 1.21 bits per heavy atom. The summed E-state index contributed by atoms with van der Waals surface area (Å²) < 4.78 is 39.6. The van der Waals surface area contributed by atoms with Gasteiger partial charge in [0.15, 0.2) is 0 Å². The number of hydrogen-bond acceptors (Lipinski definition) is 3. The number of urea groups is 1. The SMILES string of the molecule is CCc1cc(C(F)(F)F)c(C(=O)NC(=O)N2CCCCC2)cc1O. The van der Waals surface area contributed by atoms with Gasteiger partial charge in [-0.25, -0.2) is 4.79 Å². The van der Waals surface area contributed by atoms with Crippen molar-refractivity contribution in [3.05, 3.63) is 28.8 Å². The molecule has 1 heterocycles. The zero-order valence-electron chi connectivity index (χ0n) is 13.2. The molecule has 0 bridgehead atoms. The van der Waals surface area contributed by atoms with Gasteiger partial charge in [0.05, 0.1) is 11.1 Å². The summed E-state index contributed by atoms with van der Waals surface area (Å²) >= 11 is 0. The molecule has 2 rings (SSSR count). The van der Waals surface area contributed by atoms with Crippen molar-refractivity contribution in [3.63, 3.8) is 0 Å². The highest BCUT2D eigenvalue weighted by molar-refractivity contribution is 6.05. The van der Waals surface area contributed by atoms with Crippen LogP contribution in [0.3, 0.4) is 0 Å². The molecule has 0 radical (unpaired) electrons. The average molecular weight is 344 g/mol. The summed E-state index contributed by atoms with van der Waals surface area (Å²) in [5, 5.41) is 11.8. The van der Waals surface area contributed by atoms with Crippen molar-refractivity contribution in [1.29, 1.82) is 0 Å². The van der Waals surface area contributed by atoms with Gasteiger partial charge >= 0.3 is 12.2 Å². The van der Waals surface area contributed by atoms with Gasteiger partial charge in [-0.2, -0.15) is 13.2 Å². The van der Waals surface area contributed by atoms with E-state index in [-0.39, 0.29) is 12.0 Å². The molecule has 1 aliphatic rings. The van der Waals surface area contributed by atoms with E-state index in [1.54, 1.807) is 6.92 Å². The number of amides is 3. The van der Waals surface area contributed by atoms with Crippen molar-refractivity contribution in [2.45, 2.75) is 38.8 Å². The normalized spacial score (nSPS) is 15.2. The highest BCUT2D eigenvalue weighted by Gasteiger charge is 2.36.